The molecule has 0 saturated carbocycles. The normalized spacial score (nSPS) is 20.6. The van der Waals surface area contributed by atoms with Gasteiger partial charge in [-0.1, -0.05) is 74.0 Å². The third-order valence-electron chi connectivity index (χ3n) is 7.84. The largest absolute Gasteiger partial charge is 0.489 e. The minimum atomic E-state index is -0.992. The molecule has 39 heavy (non-hydrogen) atoms. The lowest BCUT2D eigenvalue weighted by molar-refractivity contribution is -0.138. The molecular weight excluding hydrogens is 558 g/mol. The second-order valence-electron chi connectivity index (χ2n) is 12.5. The number of carbonyl (C=O) groups excluding carboxylic acids is 2. The van der Waals surface area contributed by atoms with Crippen LogP contribution < -0.4 is 4.74 Å². The number of carboxylic acid groups (broad SMARTS) is 1. The fourth-order valence-corrected chi connectivity index (χ4v) is 6.68. The molecule has 2 aromatic rings. The highest BCUT2D eigenvalue weighted by molar-refractivity contribution is 9.10. The number of halogens is 1. The van der Waals surface area contributed by atoms with Gasteiger partial charge in [-0.15, -0.1) is 0 Å². The monoisotopic (exact) mass is 591 g/mol. The number of carboxylic acids is 1. The zero-order chi connectivity index (χ0) is 28.1. The van der Waals surface area contributed by atoms with Crippen LogP contribution in [0.1, 0.15) is 70.4 Å². The van der Waals surface area contributed by atoms with Gasteiger partial charge in [0.05, 0.1) is 0 Å². The number of benzene rings is 2. The summed E-state index contributed by atoms with van der Waals surface area (Å²) in [5, 5.41) is 9.90. The van der Waals surface area contributed by atoms with Gasteiger partial charge in [0.15, 0.2) is 11.6 Å². The van der Waals surface area contributed by atoms with Gasteiger partial charge in [0.1, 0.15) is 18.9 Å². The van der Waals surface area contributed by atoms with Crippen LogP contribution in [0.2, 0.25) is 0 Å². The van der Waals surface area contributed by atoms with Gasteiger partial charge in [0.25, 0.3) is 0 Å². The van der Waals surface area contributed by atoms with Crippen LogP contribution in [0.3, 0.4) is 0 Å². The summed E-state index contributed by atoms with van der Waals surface area (Å²) >= 11 is 3.60. The van der Waals surface area contributed by atoms with Crippen molar-refractivity contribution in [2.24, 2.45) is 10.8 Å². The minimum Gasteiger partial charge on any atom is -0.489 e. The van der Waals surface area contributed by atoms with E-state index in [2.05, 4.69) is 15.9 Å². The molecule has 2 aromatic carbocycles. The first-order valence-corrected chi connectivity index (χ1v) is 14.1. The maximum atomic E-state index is 13.9. The molecule has 0 saturated heterocycles. The molecule has 1 heterocycles. The number of ether oxygens (including phenoxy) is 1. The summed E-state index contributed by atoms with van der Waals surface area (Å²) in [5.41, 5.74) is 3.62. The van der Waals surface area contributed by atoms with Gasteiger partial charge in [-0.2, -0.15) is 0 Å². The lowest BCUT2D eigenvalue weighted by atomic mass is 9.63. The van der Waals surface area contributed by atoms with Gasteiger partial charge in [0.2, 0.25) is 0 Å². The van der Waals surface area contributed by atoms with Crippen LogP contribution in [0.25, 0.3) is 0 Å². The van der Waals surface area contributed by atoms with E-state index in [1.807, 2.05) is 76.2 Å². The maximum absolute atomic E-state index is 13.9. The third-order valence-corrected chi connectivity index (χ3v) is 8.33. The smallest absolute Gasteiger partial charge is 0.323 e. The average molecular weight is 593 g/mol. The summed E-state index contributed by atoms with van der Waals surface area (Å²) in [6, 6.07) is 15.6. The van der Waals surface area contributed by atoms with Crippen LogP contribution >= 0.6 is 15.9 Å². The van der Waals surface area contributed by atoms with Crippen LogP contribution in [0.4, 0.5) is 0 Å². The van der Waals surface area contributed by atoms with Crippen LogP contribution in [0.15, 0.2) is 75.5 Å². The Kier molecular flexibility index (Phi) is 7.08. The standard InChI is InChI=1S/C32H34BrNO5/c1-31(2)13-22-29(24(35)15-31)28(30-23(34(22)17-27(37)38)14-32(3,4)16-25(30)36)21-12-20(33)10-11-26(21)39-18-19-8-6-5-7-9-19/h5-12,28H,13-18H2,1-4H3,(H,37,38). The highest BCUT2D eigenvalue weighted by Gasteiger charge is 2.49. The number of hydrogen-bond acceptors (Lipinski definition) is 5. The third kappa shape index (κ3) is 5.46. The van der Waals surface area contributed by atoms with Crippen LogP contribution in [0.5, 0.6) is 5.75 Å². The Morgan fingerprint density at radius 1 is 0.923 bits per heavy atom. The molecule has 2 aliphatic carbocycles. The van der Waals surface area contributed by atoms with Crippen molar-refractivity contribution in [1.29, 1.82) is 0 Å². The van der Waals surface area contributed by atoms with E-state index in [-0.39, 0.29) is 28.9 Å². The Hall–Kier alpha value is -3.19. The van der Waals surface area contributed by atoms with E-state index >= 15 is 0 Å². The first-order chi connectivity index (χ1) is 18.3. The molecule has 7 heteroatoms. The molecule has 6 nitrogen and oxygen atoms in total. The van der Waals surface area contributed by atoms with Gasteiger partial charge < -0.3 is 14.7 Å². The van der Waals surface area contributed by atoms with Crippen molar-refractivity contribution in [3.8, 4) is 5.75 Å². The van der Waals surface area contributed by atoms with E-state index in [0.29, 0.717) is 49.2 Å². The lowest BCUT2D eigenvalue weighted by Gasteiger charge is -2.48. The van der Waals surface area contributed by atoms with Crippen molar-refractivity contribution in [2.45, 2.75) is 65.9 Å². The molecule has 0 aromatic heterocycles. The van der Waals surface area contributed by atoms with E-state index in [9.17, 15) is 19.5 Å². The second kappa shape index (κ2) is 10.1. The zero-order valence-corrected chi connectivity index (χ0v) is 24.4. The highest BCUT2D eigenvalue weighted by Crippen LogP contribution is 2.55. The van der Waals surface area contributed by atoms with Crippen molar-refractivity contribution < 1.29 is 24.2 Å². The SMILES string of the molecule is CC1(C)CC(=O)C2=C(C1)N(CC(=O)O)C1=C(C(=O)CC(C)(C)C1)C2c1cc(Br)ccc1OCc1ccccc1. The fourth-order valence-electron chi connectivity index (χ4n) is 6.30. The highest BCUT2D eigenvalue weighted by atomic mass is 79.9. The molecule has 0 amide bonds. The van der Waals surface area contributed by atoms with Gasteiger partial charge >= 0.3 is 5.97 Å². The molecule has 5 rings (SSSR count). The number of rotatable bonds is 6. The summed E-state index contributed by atoms with van der Waals surface area (Å²) in [7, 11) is 0. The summed E-state index contributed by atoms with van der Waals surface area (Å²) in [5.74, 6) is -1.09. The molecule has 1 N–H and O–H groups in total. The van der Waals surface area contributed by atoms with Crippen molar-refractivity contribution in [3.05, 3.63) is 86.7 Å². The average Bonchev–Trinajstić information content (AvgIpc) is 2.83. The molecule has 0 radical (unpaired) electrons. The number of hydrogen-bond donors (Lipinski definition) is 1. The van der Waals surface area contributed by atoms with Crippen molar-refractivity contribution in [1.82, 2.24) is 4.90 Å². The van der Waals surface area contributed by atoms with E-state index in [1.165, 1.54) is 0 Å². The zero-order valence-electron chi connectivity index (χ0n) is 22.8. The predicted octanol–water partition coefficient (Wildman–Crippen LogP) is 6.80. The number of nitrogens with zero attached hydrogens (tertiary/aromatic N) is 1. The first-order valence-electron chi connectivity index (χ1n) is 13.3. The Labute approximate surface area is 237 Å². The molecule has 204 valence electrons. The number of ketones is 2. The minimum absolute atomic E-state index is 0.0418. The Morgan fingerprint density at radius 3 is 2.03 bits per heavy atom. The quantitative estimate of drug-likeness (QED) is 0.398. The van der Waals surface area contributed by atoms with E-state index in [4.69, 9.17) is 4.74 Å². The second-order valence-corrected chi connectivity index (χ2v) is 13.4. The van der Waals surface area contributed by atoms with Gasteiger partial charge in [-0.05, 0) is 47.4 Å². The predicted molar refractivity (Wildman–Crippen MR) is 152 cm³/mol. The summed E-state index contributed by atoms with van der Waals surface area (Å²) < 4.78 is 7.15. The molecule has 0 fully saturated rings. The number of carbonyl (C=O) groups is 3. The Balaban J connectivity index is 1.73. The molecule has 3 aliphatic rings. The van der Waals surface area contributed by atoms with Gasteiger partial charge in [-0.25, -0.2) is 0 Å². The maximum Gasteiger partial charge on any atom is 0.323 e. The summed E-state index contributed by atoms with van der Waals surface area (Å²) in [6.45, 7) is 8.21. The molecule has 0 unspecified atom stereocenters. The fraction of sp³-hybridized carbons (Fsp3) is 0.406. The van der Waals surface area contributed by atoms with E-state index < -0.39 is 11.9 Å². The van der Waals surface area contributed by atoms with Gasteiger partial charge in [0, 0.05) is 51.3 Å². The molecular formula is C32H34BrNO5. The van der Waals surface area contributed by atoms with E-state index in [1.54, 1.807) is 4.90 Å². The lowest BCUT2D eigenvalue weighted by Crippen LogP contribution is -2.45. The molecule has 0 spiro atoms. The number of Topliss-reactive ketones (excluding diaryl/α,β-unsaturated/α-hetero) is 2. The summed E-state index contributed by atoms with van der Waals surface area (Å²) in [4.78, 5) is 41.7. The number of allylic oxidation sites excluding steroid dienone is 4. The van der Waals surface area contributed by atoms with Gasteiger partial charge in [-0.3, -0.25) is 14.4 Å². The Morgan fingerprint density at radius 2 is 1.49 bits per heavy atom. The number of aliphatic carboxylic acids is 1. The van der Waals surface area contributed by atoms with Crippen LogP contribution in [0, 0.1) is 10.8 Å². The molecule has 1 aliphatic heterocycles. The van der Waals surface area contributed by atoms with Crippen molar-refractivity contribution >= 4 is 33.5 Å². The molecule has 0 atom stereocenters. The molecule has 0 bridgehead atoms. The Bertz CT molecular complexity index is 1370. The summed E-state index contributed by atoms with van der Waals surface area (Å²) in [6.07, 6.45) is 1.77. The first kappa shape index (κ1) is 27.4. The topological polar surface area (TPSA) is 83.9 Å². The van der Waals surface area contributed by atoms with E-state index in [0.717, 1.165) is 27.0 Å². The van der Waals surface area contributed by atoms with Crippen LogP contribution in [-0.4, -0.2) is 34.1 Å². The van der Waals surface area contributed by atoms with Crippen molar-refractivity contribution in [3.63, 3.8) is 0 Å². The van der Waals surface area contributed by atoms with Crippen LogP contribution in [-0.2, 0) is 21.0 Å². The van der Waals surface area contributed by atoms with Crippen molar-refractivity contribution in [2.75, 3.05) is 6.54 Å².